The molecule has 27 heavy (non-hydrogen) atoms. The third-order valence-corrected chi connectivity index (χ3v) is 3.89. The van der Waals surface area contributed by atoms with E-state index in [2.05, 4.69) is 30.5 Å². The summed E-state index contributed by atoms with van der Waals surface area (Å²) in [6.07, 6.45) is 0. The lowest BCUT2D eigenvalue weighted by Gasteiger charge is -2.10. The maximum atomic E-state index is 13.2. The zero-order valence-electron chi connectivity index (χ0n) is 14.4. The largest absolute Gasteiger partial charge is 0.467 e. The van der Waals surface area contributed by atoms with Gasteiger partial charge in [0.05, 0.1) is 7.11 Å². The van der Waals surface area contributed by atoms with Crippen LogP contribution in [0.4, 0.5) is 10.2 Å². The van der Waals surface area contributed by atoms with Gasteiger partial charge in [0.1, 0.15) is 5.82 Å². The van der Waals surface area contributed by atoms with Crippen LogP contribution in [0.25, 0.3) is 22.6 Å². The van der Waals surface area contributed by atoms with Crippen LogP contribution in [0.5, 0.6) is 6.01 Å². The van der Waals surface area contributed by atoms with E-state index in [0.717, 1.165) is 5.56 Å². The first-order chi connectivity index (χ1) is 13.2. The monoisotopic (exact) mass is 362 g/mol. The molecule has 0 aliphatic rings. The van der Waals surface area contributed by atoms with Crippen molar-refractivity contribution >= 4 is 17.0 Å². The molecular weight excluding hydrogens is 347 g/mol. The van der Waals surface area contributed by atoms with Crippen molar-refractivity contribution in [2.75, 3.05) is 12.4 Å². The highest BCUT2D eigenvalue weighted by atomic mass is 19.1. The van der Waals surface area contributed by atoms with Gasteiger partial charge in [-0.1, -0.05) is 30.3 Å². The van der Waals surface area contributed by atoms with E-state index < -0.39 is 0 Å². The number of anilines is 1. The molecule has 0 fully saturated rings. The number of methoxy groups -OCH3 is 1. The van der Waals surface area contributed by atoms with Gasteiger partial charge in [-0.3, -0.25) is 0 Å². The predicted molar refractivity (Wildman–Crippen MR) is 98.6 cm³/mol. The van der Waals surface area contributed by atoms with E-state index in [9.17, 15) is 4.39 Å². The lowest BCUT2D eigenvalue weighted by molar-refractivity contribution is 0.382. The first-order valence-electron chi connectivity index (χ1n) is 8.23. The highest BCUT2D eigenvalue weighted by Crippen LogP contribution is 2.23. The molecule has 0 aliphatic heterocycles. The Labute approximate surface area is 154 Å². The van der Waals surface area contributed by atoms with Crippen LogP contribution >= 0.6 is 0 Å². The van der Waals surface area contributed by atoms with Gasteiger partial charge < -0.3 is 10.1 Å². The molecule has 2 aromatic carbocycles. The SMILES string of the molecule is COc1nc(NCc2ccccc2)c2nc(-c3ccc(F)cc3)nnc2n1. The van der Waals surface area contributed by atoms with E-state index in [1.165, 1.54) is 19.2 Å². The zero-order chi connectivity index (χ0) is 18.6. The number of ether oxygens (including phenoxy) is 1. The minimum absolute atomic E-state index is 0.170. The second-order valence-electron chi connectivity index (χ2n) is 5.71. The van der Waals surface area contributed by atoms with E-state index in [-0.39, 0.29) is 11.8 Å². The smallest absolute Gasteiger partial charge is 0.320 e. The fraction of sp³-hybridized carbons (Fsp3) is 0.105. The minimum atomic E-state index is -0.328. The Hall–Kier alpha value is -3.68. The lowest BCUT2D eigenvalue weighted by Crippen LogP contribution is -2.07. The highest BCUT2D eigenvalue weighted by molar-refractivity contribution is 5.83. The molecule has 8 heteroatoms. The van der Waals surface area contributed by atoms with Crippen molar-refractivity contribution in [1.29, 1.82) is 0 Å². The molecule has 0 atom stereocenters. The van der Waals surface area contributed by atoms with Crippen LogP contribution < -0.4 is 10.1 Å². The van der Waals surface area contributed by atoms with E-state index >= 15 is 0 Å². The molecular formula is C19H15FN6O. The van der Waals surface area contributed by atoms with Gasteiger partial charge in [0, 0.05) is 12.1 Å². The molecule has 2 aromatic heterocycles. The van der Waals surface area contributed by atoms with E-state index in [1.807, 2.05) is 30.3 Å². The van der Waals surface area contributed by atoms with Gasteiger partial charge in [0.25, 0.3) is 0 Å². The molecule has 134 valence electrons. The topological polar surface area (TPSA) is 85.7 Å². The Bertz CT molecular complexity index is 1070. The predicted octanol–water partition coefficient (Wildman–Crippen LogP) is 3.24. The summed E-state index contributed by atoms with van der Waals surface area (Å²) in [6.45, 7) is 0.548. The molecule has 0 saturated carbocycles. The first kappa shape index (κ1) is 16.8. The standard InChI is InChI=1S/C19H15FN6O/c1-27-19-23-17(21-11-12-5-3-2-4-6-12)15-18(24-19)26-25-16(22-15)13-7-9-14(20)10-8-13/h2-10H,11H2,1H3,(H,21,23,24,26). The second-order valence-corrected chi connectivity index (χ2v) is 5.71. The van der Waals surface area contributed by atoms with Crippen LogP contribution in [-0.2, 0) is 6.54 Å². The summed E-state index contributed by atoms with van der Waals surface area (Å²) in [5, 5.41) is 11.5. The van der Waals surface area contributed by atoms with E-state index in [1.54, 1.807) is 12.1 Å². The molecule has 0 unspecified atom stereocenters. The highest BCUT2D eigenvalue weighted by Gasteiger charge is 2.14. The Kier molecular flexibility index (Phi) is 4.52. The van der Waals surface area contributed by atoms with Gasteiger partial charge in [-0.15, -0.1) is 10.2 Å². The number of rotatable bonds is 5. The maximum absolute atomic E-state index is 13.2. The summed E-state index contributed by atoms with van der Waals surface area (Å²) >= 11 is 0. The molecule has 1 N–H and O–H groups in total. The molecule has 4 aromatic rings. The summed E-state index contributed by atoms with van der Waals surface area (Å²) in [5.41, 5.74) is 2.50. The molecule has 0 spiro atoms. The van der Waals surface area contributed by atoms with Gasteiger partial charge in [-0.25, -0.2) is 9.37 Å². The summed E-state index contributed by atoms with van der Waals surface area (Å²) in [7, 11) is 1.48. The van der Waals surface area contributed by atoms with Gasteiger partial charge in [-0.05, 0) is 29.8 Å². The van der Waals surface area contributed by atoms with Crippen molar-refractivity contribution in [3.05, 3.63) is 66.0 Å². The molecule has 0 aliphatic carbocycles. The molecule has 2 heterocycles. The van der Waals surface area contributed by atoms with Gasteiger partial charge in [0.2, 0.25) is 5.65 Å². The van der Waals surface area contributed by atoms with Crippen molar-refractivity contribution in [3.63, 3.8) is 0 Å². The number of nitrogens with one attached hydrogen (secondary N) is 1. The number of fused-ring (bicyclic) bond motifs is 1. The summed E-state index contributed by atoms with van der Waals surface area (Å²) in [6, 6.07) is 16.0. The molecule has 0 amide bonds. The number of benzene rings is 2. The summed E-state index contributed by atoms with van der Waals surface area (Å²) in [4.78, 5) is 13.1. The van der Waals surface area contributed by atoms with Crippen LogP contribution in [0.1, 0.15) is 5.56 Å². The quantitative estimate of drug-likeness (QED) is 0.583. The van der Waals surface area contributed by atoms with Crippen molar-refractivity contribution in [1.82, 2.24) is 25.1 Å². The molecule has 0 radical (unpaired) electrons. The first-order valence-corrected chi connectivity index (χ1v) is 8.23. The van der Waals surface area contributed by atoms with Crippen molar-refractivity contribution in [2.24, 2.45) is 0 Å². The fourth-order valence-corrected chi connectivity index (χ4v) is 2.54. The Morgan fingerprint density at radius 1 is 0.926 bits per heavy atom. The lowest BCUT2D eigenvalue weighted by atomic mass is 10.2. The zero-order valence-corrected chi connectivity index (χ0v) is 14.4. The Balaban J connectivity index is 1.75. The van der Waals surface area contributed by atoms with Crippen LogP contribution in [0.15, 0.2) is 54.6 Å². The van der Waals surface area contributed by atoms with Crippen molar-refractivity contribution in [3.8, 4) is 17.4 Å². The normalized spacial score (nSPS) is 10.7. The number of halogens is 1. The molecule has 7 nitrogen and oxygen atoms in total. The average Bonchev–Trinajstić information content (AvgIpc) is 2.72. The van der Waals surface area contributed by atoms with Crippen LogP contribution in [0, 0.1) is 5.82 Å². The van der Waals surface area contributed by atoms with Gasteiger partial charge >= 0.3 is 6.01 Å². The maximum Gasteiger partial charge on any atom is 0.320 e. The van der Waals surface area contributed by atoms with E-state index in [4.69, 9.17) is 4.74 Å². The third-order valence-electron chi connectivity index (χ3n) is 3.89. The molecule has 4 rings (SSSR count). The number of aromatic nitrogens is 5. The van der Waals surface area contributed by atoms with Crippen LogP contribution in [0.3, 0.4) is 0 Å². The van der Waals surface area contributed by atoms with E-state index in [0.29, 0.717) is 34.9 Å². The molecule has 0 saturated heterocycles. The number of hydrogen-bond donors (Lipinski definition) is 1. The van der Waals surface area contributed by atoms with Crippen molar-refractivity contribution in [2.45, 2.75) is 6.54 Å². The number of hydrogen-bond acceptors (Lipinski definition) is 7. The molecule has 0 bridgehead atoms. The van der Waals surface area contributed by atoms with Crippen LogP contribution in [0.2, 0.25) is 0 Å². The summed E-state index contributed by atoms with van der Waals surface area (Å²) < 4.78 is 18.3. The fourth-order valence-electron chi connectivity index (χ4n) is 2.54. The minimum Gasteiger partial charge on any atom is -0.467 e. The Morgan fingerprint density at radius 2 is 1.70 bits per heavy atom. The van der Waals surface area contributed by atoms with Gasteiger partial charge in [-0.2, -0.15) is 9.97 Å². The summed E-state index contributed by atoms with van der Waals surface area (Å²) in [5.74, 6) is 0.517. The Morgan fingerprint density at radius 3 is 2.44 bits per heavy atom. The van der Waals surface area contributed by atoms with Gasteiger partial charge in [0.15, 0.2) is 17.2 Å². The average molecular weight is 362 g/mol. The number of nitrogens with zero attached hydrogens (tertiary/aromatic N) is 5. The van der Waals surface area contributed by atoms with Crippen molar-refractivity contribution < 1.29 is 9.13 Å². The third kappa shape index (κ3) is 3.64. The van der Waals surface area contributed by atoms with Crippen LogP contribution in [-0.4, -0.2) is 32.3 Å². The second kappa shape index (κ2) is 7.28.